The van der Waals surface area contributed by atoms with Crippen molar-refractivity contribution >= 4 is 27.4 Å². The maximum Gasteiger partial charge on any atom is 0.318 e. The van der Waals surface area contributed by atoms with Crippen LogP contribution in [0, 0.1) is 0 Å². The first kappa shape index (κ1) is 17.8. The summed E-state index contributed by atoms with van der Waals surface area (Å²) < 4.78 is 27.3. The van der Waals surface area contributed by atoms with E-state index in [1.54, 1.807) is 36.4 Å². The molecule has 7 heteroatoms. The summed E-state index contributed by atoms with van der Waals surface area (Å²) in [4.78, 5) is 11.4. The summed E-state index contributed by atoms with van der Waals surface area (Å²) in [7, 11) is -2.13. The van der Waals surface area contributed by atoms with Gasteiger partial charge in [-0.25, -0.2) is 13.2 Å². The Labute approximate surface area is 142 Å². The monoisotopic (exact) mass is 347 g/mol. The van der Waals surface area contributed by atoms with Crippen molar-refractivity contribution in [3.05, 3.63) is 54.1 Å². The fourth-order valence-electron chi connectivity index (χ4n) is 2.06. The first-order valence-electron chi connectivity index (χ1n) is 7.53. The highest BCUT2D eigenvalue weighted by Gasteiger charge is 2.14. The first-order chi connectivity index (χ1) is 11.3. The average molecular weight is 347 g/mol. The number of rotatable bonds is 5. The summed E-state index contributed by atoms with van der Waals surface area (Å²) in [5.74, 6) is 0.343. The Balaban J connectivity index is 2.12. The number of anilines is 2. The Morgan fingerprint density at radius 1 is 0.917 bits per heavy atom. The minimum absolute atomic E-state index is 0.208. The van der Waals surface area contributed by atoms with E-state index in [4.69, 9.17) is 0 Å². The van der Waals surface area contributed by atoms with Crippen molar-refractivity contribution in [2.75, 3.05) is 17.1 Å². The van der Waals surface area contributed by atoms with Gasteiger partial charge in [-0.05, 0) is 47.9 Å². The Hall–Kier alpha value is -2.54. The van der Waals surface area contributed by atoms with E-state index in [2.05, 4.69) is 29.2 Å². The van der Waals surface area contributed by atoms with Crippen molar-refractivity contribution in [1.82, 2.24) is 5.32 Å². The number of hydrogen-bond donors (Lipinski definition) is 3. The molecule has 0 saturated heterocycles. The number of amides is 2. The zero-order valence-corrected chi connectivity index (χ0v) is 14.6. The summed E-state index contributed by atoms with van der Waals surface area (Å²) in [6.45, 7) is 4.10. The molecule has 24 heavy (non-hydrogen) atoms. The van der Waals surface area contributed by atoms with Crippen LogP contribution in [0.3, 0.4) is 0 Å². The van der Waals surface area contributed by atoms with Gasteiger partial charge in [0.15, 0.2) is 0 Å². The van der Waals surface area contributed by atoms with E-state index in [1.165, 1.54) is 7.05 Å². The molecule has 128 valence electrons. The molecule has 3 N–H and O–H groups in total. The smallest absolute Gasteiger partial charge is 0.318 e. The highest BCUT2D eigenvalue weighted by atomic mass is 32.2. The minimum Gasteiger partial charge on any atom is -0.341 e. The molecule has 2 rings (SSSR count). The maximum atomic E-state index is 12.4. The van der Waals surface area contributed by atoms with Crippen LogP contribution < -0.4 is 15.4 Å². The summed E-state index contributed by atoms with van der Waals surface area (Å²) in [6, 6.07) is 12.9. The van der Waals surface area contributed by atoms with Gasteiger partial charge >= 0.3 is 6.03 Å². The van der Waals surface area contributed by atoms with Crippen molar-refractivity contribution in [1.29, 1.82) is 0 Å². The molecule has 2 amide bonds. The van der Waals surface area contributed by atoms with Crippen LogP contribution in [-0.4, -0.2) is 21.5 Å². The van der Waals surface area contributed by atoms with Crippen molar-refractivity contribution in [2.45, 2.75) is 24.7 Å². The molecule has 0 radical (unpaired) electrons. The Morgan fingerprint density at radius 3 is 1.96 bits per heavy atom. The second-order valence-corrected chi connectivity index (χ2v) is 7.29. The van der Waals surface area contributed by atoms with Gasteiger partial charge in [0.05, 0.1) is 4.90 Å². The zero-order chi connectivity index (χ0) is 17.7. The van der Waals surface area contributed by atoms with Crippen LogP contribution in [0.4, 0.5) is 16.2 Å². The number of hydrogen-bond acceptors (Lipinski definition) is 3. The molecule has 0 atom stereocenters. The van der Waals surface area contributed by atoms with Gasteiger partial charge in [0, 0.05) is 18.4 Å². The number of carbonyl (C=O) groups is 1. The molecular weight excluding hydrogens is 326 g/mol. The van der Waals surface area contributed by atoms with Gasteiger partial charge in [0.2, 0.25) is 0 Å². The minimum atomic E-state index is -3.65. The molecule has 2 aromatic rings. The number of nitrogens with one attached hydrogen (secondary N) is 3. The van der Waals surface area contributed by atoms with Crippen LogP contribution >= 0.6 is 0 Å². The fraction of sp³-hybridized carbons (Fsp3) is 0.235. The van der Waals surface area contributed by atoms with Gasteiger partial charge < -0.3 is 10.6 Å². The molecule has 0 aliphatic rings. The van der Waals surface area contributed by atoms with Crippen LogP contribution in [-0.2, 0) is 10.0 Å². The second-order valence-electron chi connectivity index (χ2n) is 5.61. The summed E-state index contributed by atoms with van der Waals surface area (Å²) in [6.07, 6.45) is 0. The topological polar surface area (TPSA) is 87.3 Å². The van der Waals surface area contributed by atoms with E-state index in [9.17, 15) is 13.2 Å². The summed E-state index contributed by atoms with van der Waals surface area (Å²) >= 11 is 0. The number of urea groups is 1. The van der Waals surface area contributed by atoms with E-state index in [0.29, 0.717) is 17.3 Å². The lowest BCUT2D eigenvalue weighted by Crippen LogP contribution is -2.24. The lowest BCUT2D eigenvalue weighted by molar-refractivity contribution is 0.254. The van der Waals surface area contributed by atoms with Crippen LogP contribution in [0.15, 0.2) is 53.4 Å². The molecular formula is C17H21N3O3S. The van der Waals surface area contributed by atoms with Gasteiger partial charge in [0.25, 0.3) is 10.0 Å². The highest BCUT2D eigenvalue weighted by Crippen LogP contribution is 2.21. The average Bonchev–Trinajstić information content (AvgIpc) is 2.56. The standard InChI is InChI=1S/C17H21N3O3S/c1-12(2)13-4-10-16(11-5-13)24(22,23)20-15-8-6-14(7-9-15)19-17(21)18-3/h4-12,20H,1-3H3,(H2,18,19,21). The Kier molecular flexibility index (Phi) is 5.46. The SMILES string of the molecule is CNC(=O)Nc1ccc(NS(=O)(=O)c2ccc(C(C)C)cc2)cc1. The molecule has 0 spiro atoms. The van der Waals surface area contributed by atoms with E-state index < -0.39 is 10.0 Å². The molecule has 0 aliphatic heterocycles. The summed E-state index contributed by atoms with van der Waals surface area (Å²) in [5, 5.41) is 5.04. The molecule has 0 fully saturated rings. The second kappa shape index (κ2) is 7.35. The molecule has 6 nitrogen and oxygen atoms in total. The molecule has 0 aliphatic carbocycles. The number of sulfonamides is 1. The molecule has 0 bridgehead atoms. The fourth-order valence-corrected chi connectivity index (χ4v) is 3.12. The first-order valence-corrected chi connectivity index (χ1v) is 9.01. The molecule has 0 heterocycles. The van der Waals surface area contributed by atoms with Gasteiger partial charge in [-0.3, -0.25) is 4.72 Å². The quantitative estimate of drug-likeness (QED) is 0.775. The number of carbonyl (C=O) groups excluding carboxylic acids is 1. The predicted molar refractivity (Wildman–Crippen MR) is 95.9 cm³/mol. The Bertz CT molecular complexity index is 798. The van der Waals surface area contributed by atoms with Crippen molar-refractivity contribution in [3.8, 4) is 0 Å². The third kappa shape index (κ3) is 4.48. The van der Waals surface area contributed by atoms with Crippen molar-refractivity contribution < 1.29 is 13.2 Å². The molecule has 0 unspecified atom stereocenters. The predicted octanol–water partition coefficient (Wildman–Crippen LogP) is 3.36. The number of benzene rings is 2. The van der Waals surface area contributed by atoms with Gasteiger partial charge in [-0.1, -0.05) is 26.0 Å². The zero-order valence-electron chi connectivity index (χ0n) is 13.8. The van der Waals surface area contributed by atoms with Crippen LogP contribution in [0.2, 0.25) is 0 Å². The molecule has 0 aromatic heterocycles. The lowest BCUT2D eigenvalue weighted by Gasteiger charge is -2.11. The van der Waals surface area contributed by atoms with Gasteiger partial charge in [0.1, 0.15) is 0 Å². The van der Waals surface area contributed by atoms with Crippen molar-refractivity contribution in [2.24, 2.45) is 0 Å². The highest BCUT2D eigenvalue weighted by molar-refractivity contribution is 7.92. The van der Waals surface area contributed by atoms with Crippen LogP contribution in [0.1, 0.15) is 25.3 Å². The van der Waals surface area contributed by atoms with E-state index in [-0.39, 0.29) is 10.9 Å². The third-order valence-corrected chi connectivity index (χ3v) is 4.88. The molecule has 2 aromatic carbocycles. The summed E-state index contributed by atoms with van der Waals surface area (Å²) in [5.41, 5.74) is 2.07. The van der Waals surface area contributed by atoms with E-state index in [0.717, 1.165) is 5.56 Å². The third-order valence-electron chi connectivity index (χ3n) is 3.48. The van der Waals surface area contributed by atoms with Gasteiger partial charge in [-0.2, -0.15) is 0 Å². The molecule has 0 saturated carbocycles. The van der Waals surface area contributed by atoms with E-state index in [1.807, 2.05) is 12.1 Å². The maximum absolute atomic E-state index is 12.4. The van der Waals surface area contributed by atoms with Crippen LogP contribution in [0.5, 0.6) is 0 Å². The Morgan fingerprint density at radius 2 is 1.46 bits per heavy atom. The van der Waals surface area contributed by atoms with Crippen molar-refractivity contribution in [3.63, 3.8) is 0 Å². The van der Waals surface area contributed by atoms with E-state index >= 15 is 0 Å². The van der Waals surface area contributed by atoms with Gasteiger partial charge in [-0.15, -0.1) is 0 Å². The normalized spacial score (nSPS) is 11.2. The lowest BCUT2D eigenvalue weighted by atomic mass is 10.0. The largest absolute Gasteiger partial charge is 0.341 e. The van der Waals surface area contributed by atoms with Crippen LogP contribution in [0.25, 0.3) is 0 Å².